The normalized spacial score (nSPS) is 20.4. The first kappa shape index (κ1) is 18.0. The summed E-state index contributed by atoms with van der Waals surface area (Å²) in [6, 6.07) is 6.98. The van der Waals surface area contributed by atoms with Gasteiger partial charge in [0.2, 0.25) is 11.8 Å². The number of nitrogens with one attached hydrogen (secondary N) is 2. The van der Waals surface area contributed by atoms with Gasteiger partial charge in [0.1, 0.15) is 0 Å². The number of piperidine rings is 1. The van der Waals surface area contributed by atoms with Crippen LogP contribution in [0.1, 0.15) is 37.6 Å². The fourth-order valence-electron chi connectivity index (χ4n) is 3.18. The maximum absolute atomic E-state index is 12.9. The molecule has 0 radical (unpaired) electrons. The molecule has 1 fully saturated rings. The van der Waals surface area contributed by atoms with Gasteiger partial charge in [-0.2, -0.15) is 0 Å². The first-order valence-corrected chi connectivity index (χ1v) is 8.29. The van der Waals surface area contributed by atoms with E-state index in [-0.39, 0.29) is 24.3 Å². The van der Waals surface area contributed by atoms with Gasteiger partial charge in [0.15, 0.2) is 0 Å². The molecule has 2 N–H and O–H groups in total. The van der Waals surface area contributed by atoms with E-state index in [4.69, 9.17) is 0 Å². The summed E-state index contributed by atoms with van der Waals surface area (Å²) in [5, 5.41) is 5.15. The van der Waals surface area contributed by atoms with Crippen LogP contribution in [0.2, 0.25) is 0 Å². The zero-order valence-electron chi connectivity index (χ0n) is 14.5. The van der Waals surface area contributed by atoms with E-state index >= 15 is 0 Å². The van der Waals surface area contributed by atoms with Crippen molar-refractivity contribution in [1.29, 1.82) is 0 Å². The highest BCUT2D eigenvalue weighted by molar-refractivity contribution is 6.04. The predicted octanol–water partition coefficient (Wildman–Crippen LogP) is 1.88. The zero-order valence-corrected chi connectivity index (χ0v) is 14.5. The second-order valence-electron chi connectivity index (χ2n) is 6.66. The average Bonchev–Trinajstić information content (AvgIpc) is 2.52. The van der Waals surface area contributed by atoms with Gasteiger partial charge in [0.25, 0.3) is 5.91 Å². The van der Waals surface area contributed by atoms with Crippen LogP contribution < -0.4 is 10.6 Å². The first-order valence-electron chi connectivity index (χ1n) is 8.29. The van der Waals surface area contributed by atoms with E-state index in [2.05, 4.69) is 24.5 Å². The van der Waals surface area contributed by atoms with Gasteiger partial charge >= 0.3 is 0 Å². The number of hydrogen-bond acceptors (Lipinski definition) is 3. The van der Waals surface area contributed by atoms with Crippen LogP contribution in [0.5, 0.6) is 0 Å². The van der Waals surface area contributed by atoms with Crippen LogP contribution in [0, 0.1) is 11.8 Å². The second kappa shape index (κ2) is 7.95. The zero-order chi connectivity index (χ0) is 17.7. The topological polar surface area (TPSA) is 78.5 Å². The van der Waals surface area contributed by atoms with Crippen LogP contribution in [0.4, 0.5) is 5.69 Å². The largest absolute Gasteiger partial charge is 0.347 e. The highest BCUT2D eigenvalue weighted by Gasteiger charge is 2.27. The van der Waals surface area contributed by atoms with E-state index in [0.29, 0.717) is 23.1 Å². The molecular weight excluding hydrogens is 306 g/mol. The number of nitrogens with zero attached hydrogens (tertiary/aromatic N) is 1. The lowest BCUT2D eigenvalue weighted by molar-refractivity contribution is -0.122. The molecule has 0 spiro atoms. The molecule has 1 aromatic carbocycles. The Morgan fingerprint density at radius 2 is 1.75 bits per heavy atom. The van der Waals surface area contributed by atoms with Gasteiger partial charge in [-0.25, -0.2) is 0 Å². The Kier molecular flexibility index (Phi) is 5.95. The smallest absolute Gasteiger partial charge is 0.255 e. The van der Waals surface area contributed by atoms with Crippen molar-refractivity contribution in [2.45, 2.75) is 27.2 Å². The van der Waals surface area contributed by atoms with Crippen molar-refractivity contribution in [2.75, 3.05) is 25.0 Å². The number of hydrogen-bond donors (Lipinski definition) is 2. The minimum Gasteiger partial charge on any atom is -0.347 e. The summed E-state index contributed by atoms with van der Waals surface area (Å²) in [6.45, 7) is 7.00. The van der Waals surface area contributed by atoms with Crippen LogP contribution in [0.3, 0.4) is 0 Å². The van der Waals surface area contributed by atoms with E-state index in [9.17, 15) is 14.4 Å². The first-order chi connectivity index (χ1) is 11.4. The summed E-state index contributed by atoms with van der Waals surface area (Å²) < 4.78 is 0. The van der Waals surface area contributed by atoms with Gasteiger partial charge in [-0.15, -0.1) is 0 Å². The molecule has 6 heteroatoms. The van der Waals surface area contributed by atoms with E-state index in [1.807, 2.05) is 4.90 Å². The Morgan fingerprint density at radius 3 is 2.38 bits per heavy atom. The highest BCUT2D eigenvalue weighted by Crippen LogP contribution is 2.24. The van der Waals surface area contributed by atoms with Crippen molar-refractivity contribution < 1.29 is 14.4 Å². The lowest BCUT2D eigenvalue weighted by Gasteiger charge is -2.35. The summed E-state index contributed by atoms with van der Waals surface area (Å²) in [5.74, 6) is 0.249. The van der Waals surface area contributed by atoms with Crippen LogP contribution in [-0.4, -0.2) is 42.3 Å². The van der Waals surface area contributed by atoms with Crippen LogP contribution >= 0.6 is 0 Å². The number of para-hydroxylation sites is 1. The molecule has 1 heterocycles. The van der Waals surface area contributed by atoms with Crippen molar-refractivity contribution in [3.8, 4) is 0 Å². The third-order valence-electron chi connectivity index (χ3n) is 4.09. The fourth-order valence-corrected chi connectivity index (χ4v) is 3.18. The minimum absolute atomic E-state index is 0.0659. The van der Waals surface area contributed by atoms with Gasteiger partial charge in [-0.05, 0) is 30.4 Å². The number of rotatable bonds is 4. The predicted molar refractivity (Wildman–Crippen MR) is 92.6 cm³/mol. The van der Waals surface area contributed by atoms with E-state index < -0.39 is 0 Å². The molecule has 6 nitrogen and oxygen atoms in total. The summed E-state index contributed by atoms with van der Waals surface area (Å²) in [4.78, 5) is 37.5. The summed E-state index contributed by atoms with van der Waals surface area (Å²) >= 11 is 0. The number of amides is 3. The summed E-state index contributed by atoms with van der Waals surface area (Å²) in [7, 11) is 0. The quantitative estimate of drug-likeness (QED) is 0.884. The van der Waals surface area contributed by atoms with E-state index in [1.54, 1.807) is 24.3 Å². The molecule has 0 saturated carbocycles. The fraction of sp³-hybridized carbons (Fsp3) is 0.500. The maximum atomic E-state index is 12.9. The Morgan fingerprint density at radius 1 is 1.12 bits per heavy atom. The average molecular weight is 331 g/mol. The number of benzene rings is 1. The van der Waals surface area contributed by atoms with Gasteiger partial charge in [0.05, 0.1) is 17.8 Å². The highest BCUT2D eigenvalue weighted by atomic mass is 16.2. The molecule has 2 atom stereocenters. The molecule has 24 heavy (non-hydrogen) atoms. The van der Waals surface area contributed by atoms with Crippen molar-refractivity contribution in [1.82, 2.24) is 10.2 Å². The van der Waals surface area contributed by atoms with Crippen molar-refractivity contribution >= 4 is 23.4 Å². The van der Waals surface area contributed by atoms with E-state index in [1.165, 1.54) is 6.92 Å². The SMILES string of the molecule is CC(=O)NCC(=O)Nc1ccccc1C(=O)N1C[C@H](C)C[C@H](C)C1. The molecule has 2 rings (SSSR count). The van der Waals surface area contributed by atoms with Gasteiger partial charge in [-0.3, -0.25) is 14.4 Å². The number of carbonyl (C=O) groups excluding carboxylic acids is 3. The Hall–Kier alpha value is -2.37. The second-order valence-corrected chi connectivity index (χ2v) is 6.66. The molecule has 1 aliphatic heterocycles. The summed E-state index contributed by atoms with van der Waals surface area (Å²) in [5.41, 5.74) is 0.957. The standard InChI is InChI=1S/C18H25N3O3/c1-12-8-13(2)11-21(10-12)18(24)15-6-4-5-7-16(15)20-17(23)9-19-14(3)22/h4-7,12-13H,8-11H2,1-3H3,(H,19,22)(H,20,23)/t12-,13+. The van der Waals surface area contributed by atoms with Crippen molar-refractivity contribution in [3.63, 3.8) is 0 Å². The van der Waals surface area contributed by atoms with Crippen LogP contribution in [-0.2, 0) is 9.59 Å². The Labute approximate surface area is 142 Å². The minimum atomic E-state index is -0.356. The molecule has 0 aromatic heterocycles. The number of likely N-dealkylation sites (tertiary alicyclic amines) is 1. The molecular formula is C18H25N3O3. The number of anilines is 1. The lowest BCUT2D eigenvalue weighted by atomic mass is 9.91. The van der Waals surface area contributed by atoms with E-state index in [0.717, 1.165) is 19.5 Å². The van der Waals surface area contributed by atoms with Gasteiger partial charge in [0, 0.05) is 20.0 Å². The van der Waals surface area contributed by atoms with Gasteiger partial charge in [-0.1, -0.05) is 26.0 Å². The molecule has 0 bridgehead atoms. The lowest BCUT2D eigenvalue weighted by Crippen LogP contribution is -2.43. The van der Waals surface area contributed by atoms with Crippen molar-refractivity contribution in [2.24, 2.45) is 11.8 Å². The third kappa shape index (κ3) is 4.81. The summed E-state index contributed by atoms with van der Waals surface area (Å²) in [6.07, 6.45) is 1.12. The molecule has 1 aromatic rings. The Balaban J connectivity index is 2.11. The van der Waals surface area contributed by atoms with Crippen LogP contribution in [0.15, 0.2) is 24.3 Å². The molecule has 1 saturated heterocycles. The molecule has 0 unspecified atom stereocenters. The Bertz CT molecular complexity index is 620. The number of carbonyl (C=O) groups is 3. The molecule has 1 aliphatic rings. The van der Waals surface area contributed by atoms with Crippen molar-refractivity contribution in [3.05, 3.63) is 29.8 Å². The molecule has 3 amide bonds. The monoisotopic (exact) mass is 331 g/mol. The molecule has 130 valence electrons. The van der Waals surface area contributed by atoms with Crippen LogP contribution in [0.25, 0.3) is 0 Å². The molecule has 0 aliphatic carbocycles. The third-order valence-corrected chi connectivity index (χ3v) is 4.09. The maximum Gasteiger partial charge on any atom is 0.255 e. The van der Waals surface area contributed by atoms with Gasteiger partial charge < -0.3 is 15.5 Å².